The summed E-state index contributed by atoms with van der Waals surface area (Å²) in [5.41, 5.74) is 1.88. The van der Waals surface area contributed by atoms with E-state index in [-0.39, 0.29) is 29.8 Å². The summed E-state index contributed by atoms with van der Waals surface area (Å²) in [4.78, 5) is 27.7. The Labute approximate surface area is 208 Å². The first-order valence-electron chi connectivity index (χ1n) is 11.3. The average molecular weight is 494 g/mol. The van der Waals surface area contributed by atoms with Crippen molar-refractivity contribution in [2.24, 2.45) is 0 Å². The van der Waals surface area contributed by atoms with Gasteiger partial charge in [-0.1, -0.05) is 35.9 Å². The van der Waals surface area contributed by atoms with Crippen LogP contribution in [-0.2, 0) is 16.0 Å². The normalized spacial score (nSPS) is 17.3. The molecule has 0 spiro atoms. The number of amides is 1. The van der Waals surface area contributed by atoms with Gasteiger partial charge in [0.05, 0.1) is 17.7 Å². The molecule has 1 saturated heterocycles. The molecule has 3 aromatic carbocycles. The van der Waals surface area contributed by atoms with Gasteiger partial charge in [-0.25, -0.2) is 4.39 Å². The summed E-state index contributed by atoms with van der Waals surface area (Å²) in [6, 6.07) is 18.7. The Morgan fingerprint density at radius 1 is 1.00 bits per heavy atom. The first-order chi connectivity index (χ1) is 16.7. The van der Waals surface area contributed by atoms with Gasteiger partial charge in [-0.3, -0.25) is 9.59 Å². The number of carbonyl (C=O) groups is 2. The van der Waals surface area contributed by atoms with Crippen LogP contribution in [-0.4, -0.2) is 34.3 Å². The Balaban J connectivity index is 1.74. The van der Waals surface area contributed by atoms with Crippen molar-refractivity contribution in [1.82, 2.24) is 4.90 Å². The first kappa shape index (κ1) is 24.5. The second kappa shape index (κ2) is 10.3. The smallest absolute Gasteiger partial charge is 0.295 e. The largest absolute Gasteiger partial charge is 0.507 e. The Bertz CT molecular complexity index is 1250. The Morgan fingerprint density at radius 3 is 2.23 bits per heavy atom. The number of carbonyl (C=O) groups excluding carboxylic acids is 2. The van der Waals surface area contributed by atoms with E-state index in [1.807, 2.05) is 13.8 Å². The highest BCUT2D eigenvalue weighted by Gasteiger charge is 2.45. The molecule has 1 unspecified atom stereocenters. The SMILES string of the molecule is CC(C)Oc1ccc(C2/C(=C(/O)c3ccc(Cl)cc3)C(=O)C(=O)N2CCc2ccc(F)cc2)cc1. The molecule has 0 aliphatic carbocycles. The lowest BCUT2D eigenvalue weighted by Crippen LogP contribution is -2.31. The number of nitrogens with zero attached hydrogens (tertiary/aromatic N) is 1. The molecule has 0 aromatic heterocycles. The number of ketones is 1. The van der Waals surface area contributed by atoms with Gasteiger partial charge in [0.2, 0.25) is 0 Å². The molecule has 7 heteroatoms. The van der Waals surface area contributed by atoms with Crippen molar-refractivity contribution in [3.8, 4) is 5.75 Å². The zero-order valence-corrected chi connectivity index (χ0v) is 20.1. The summed E-state index contributed by atoms with van der Waals surface area (Å²) in [6.45, 7) is 4.05. The predicted octanol–water partition coefficient (Wildman–Crippen LogP) is 5.93. The Morgan fingerprint density at radius 2 is 1.63 bits per heavy atom. The molecule has 1 aliphatic heterocycles. The van der Waals surface area contributed by atoms with Crippen molar-refractivity contribution in [1.29, 1.82) is 0 Å². The van der Waals surface area contributed by atoms with Crippen LogP contribution in [0.4, 0.5) is 4.39 Å². The van der Waals surface area contributed by atoms with Crippen LogP contribution < -0.4 is 4.74 Å². The van der Waals surface area contributed by atoms with Crippen LogP contribution in [0.5, 0.6) is 5.75 Å². The van der Waals surface area contributed by atoms with Gasteiger partial charge in [-0.15, -0.1) is 0 Å². The molecule has 35 heavy (non-hydrogen) atoms. The highest BCUT2D eigenvalue weighted by molar-refractivity contribution is 6.46. The van der Waals surface area contributed by atoms with Crippen LogP contribution in [0.3, 0.4) is 0 Å². The van der Waals surface area contributed by atoms with E-state index in [9.17, 15) is 19.1 Å². The molecule has 3 aromatic rings. The van der Waals surface area contributed by atoms with Crippen LogP contribution >= 0.6 is 11.6 Å². The number of aliphatic hydroxyl groups is 1. The maximum absolute atomic E-state index is 13.3. The van der Waals surface area contributed by atoms with Crippen LogP contribution in [0.15, 0.2) is 78.4 Å². The van der Waals surface area contributed by atoms with Crippen molar-refractivity contribution in [2.75, 3.05) is 6.54 Å². The molecular weight excluding hydrogens is 469 g/mol. The van der Waals surface area contributed by atoms with Crippen LogP contribution in [0.2, 0.25) is 5.02 Å². The molecule has 1 atom stereocenters. The molecule has 0 bridgehead atoms. The van der Waals surface area contributed by atoms with Gasteiger partial charge >= 0.3 is 0 Å². The molecule has 1 aliphatic rings. The van der Waals surface area contributed by atoms with E-state index in [2.05, 4.69) is 0 Å². The van der Waals surface area contributed by atoms with Crippen LogP contribution in [0.25, 0.3) is 5.76 Å². The van der Waals surface area contributed by atoms with Gasteiger partial charge in [0.25, 0.3) is 11.7 Å². The molecule has 1 heterocycles. The average Bonchev–Trinajstić information content (AvgIpc) is 3.09. The Kier molecular flexibility index (Phi) is 7.22. The zero-order valence-electron chi connectivity index (χ0n) is 19.4. The highest BCUT2D eigenvalue weighted by Crippen LogP contribution is 2.40. The van der Waals surface area contributed by atoms with Gasteiger partial charge in [0.1, 0.15) is 17.3 Å². The van der Waals surface area contributed by atoms with Crippen molar-refractivity contribution < 1.29 is 23.8 Å². The molecule has 0 radical (unpaired) electrons. The third kappa shape index (κ3) is 5.38. The predicted molar refractivity (Wildman–Crippen MR) is 133 cm³/mol. The quantitative estimate of drug-likeness (QED) is 0.251. The number of rotatable bonds is 7. The molecular formula is C28H25ClFNO4. The second-order valence-corrected chi connectivity index (χ2v) is 9.05. The van der Waals surface area contributed by atoms with Gasteiger partial charge in [0.15, 0.2) is 0 Å². The number of likely N-dealkylation sites (tertiary alicyclic amines) is 1. The third-order valence-electron chi connectivity index (χ3n) is 5.78. The van der Waals surface area contributed by atoms with Gasteiger partial charge in [-0.2, -0.15) is 0 Å². The summed E-state index contributed by atoms with van der Waals surface area (Å²) < 4.78 is 19.0. The molecule has 180 valence electrons. The topological polar surface area (TPSA) is 66.8 Å². The lowest BCUT2D eigenvalue weighted by molar-refractivity contribution is -0.139. The highest BCUT2D eigenvalue weighted by atomic mass is 35.5. The van der Waals surface area contributed by atoms with E-state index >= 15 is 0 Å². The number of Topliss-reactive ketones (excluding diaryl/α,β-unsaturated/α-hetero) is 1. The van der Waals surface area contributed by atoms with Crippen LogP contribution in [0.1, 0.15) is 36.6 Å². The van der Waals surface area contributed by atoms with Crippen molar-refractivity contribution in [3.05, 3.63) is 106 Å². The molecule has 1 fully saturated rings. The van der Waals surface area contributed by atoms with E-state index < -0.39 is 17.7 Å². The van der Waals surface area contributed by atoms with Gasteiger partial charge in [0, 0.05) is 17.1 Å². The fourth-order valence-electron chi connectivity index (χ4n) is 4.12. The standard InChI is InChI=1S/C28H25ClFNO4/c1-17(2)35-23-13-7-19(8-14-23)25-24(26(32)20-5-9-21(29)10-6-20)27(33)28(34)31(25)16-15-18-3-11-22(30)12-4-18/h3-14,17,25,32H,15-16H2,1-2H3/b26-24-. The second-order valence-electron chi connectivity index (χ2n) is 8.61. The molecule has 5 nitrogen and oxygen atoms in total. The number of ether oxygens (including phenoxy) is 1. The van der Waals surface area contributed by atoms with E-state index in [0.29, 0.717) is 28.3 Å². The summed E-state index contributed by atoms with van der Waals surface area (Å²) in [5.74, 6) is -1.42. The summed E-state index contributed by atoms with van der Waals surface area (Å²) in [6.07, 6.45) is 0.409. The molecule has 1 amide bonds. The summed E-state index contributed by atoms with van der Waals surface area (Å²) >= 11 is 5.97. The number of benzene rings is 3. The maximum atomic E-state index is 13.3. The van der Waals surface area contributed by atoms with E-state index in [0.717, 1.165) is 5.56 Å². The van der Waals surface area contributed by atoms with E-state index in [4.69, 9.17) is 16.3 Å². The fraction of sp³-hybridized carbons (Fsp3) is 0.214. The van der Waals surface area contributed by atoms with Crippen LogP contribution in [0, 0.1) is 5.82 Å². The van der Waals surface area contributed by atoms with Gasteiger partial charge < -0.3 is 14.7 Å². The van der Waals surface area contributed by atoms with Crippen molar-refractivity contribution in [3.63, 3.8) is 0 Å². The lowest BCUT2D eigenvalue weighted by atomic mass is 9.95. The minimum Gasteiger partial charge on any atom is -0.507 e. The third-order valence-corrected chi connectivity index (χ3v) is 6.03. The van der Waals surface area contributed by atoms with Gasteiger partial charge in [-0.05, 0) is 79.9 Å². The van der Waals surface area contributed by atoms with E-state index in [1.54, 1.807) is 60.7 Å². The first-order valence-corrected chi connectivity index (χ1v) is 11.7. The molecule has 1 N–H and O–H groups in total. The summed E-state index contributed by atoms with van der Waals surface area (Å²) in [5, 5.41) is 11.6. The van der Waals surface area contributed by atoms with E-state index in [1.165, 1.54) is 17.0 Å². The molecule has 4 rings (SSSR count). The number of aliphatic hydroxyl groups excluding tert-OH is 1. The number of hydrogen-bond donors (Lipinski definition) is 1. The maximum Gasteiger partial charge on any atom is 0.295 e. The number of hydrogen-bond acceptors (Lipinski definition) is 4. The number of halogens is 2. The monoisotopic (exact) mass is 493 g/mol. The van der Waals surface area contributed by atoms with Crippen molar-refractivity contribution >= 4 is 29.1 Å². The minimum atomic E-state index is -0.792. The lowest BCUT2D eigenvalue weighted by Gasteiger charge is -2.25. The zero-order chi connectivity index (χ0) is 25.1. The summed E-state index contributed by atoms with van der Waals surface area (Å²) in [7, 11) is 0. The minimum absolute atomic E-state index is 0.00732. The van der Waals surface area contributed by atoms with Crippen molar-refractivity contribution in [2.45, 2.75) is 32.4 Å². The molecule has 0 saturated carbocycles. The fourth-order valence-corrected chi connectivity index (χ4v) is 4.25. The Hall–Kier alpha value is -3.64.